The molecule has 27 heavy (non-hydrogen) atoms. The van der Waals surface area contributed by atoms with E-state index in [1.165, 1.54) is 6.92 Å². The van der Waals surface area contributed by atoms with Gasteiger partial charge in [0, 0.05) is 5.39 Å². The largest absolute Gasteiger partial charge is 0.476 e. The standard InChI is InChI=1S/C18H16N4O5/c1-3-26-18(25)12-8(2)27-16(20)10(7-19)13(12)9-5-4-6-11-14(9)15(17(23)24)22-21-11/h4-6,13H,3,20H2,1-2H3,(H,21,22)(H,23,24). The Bertz CT molecular complexity index is 1060. The number of rotatable bonds is 4. The van der Waals surface area contributed by atoms with Crippen molar-refractivity contribution < 1.29 is 24.2 Å². The Morgan fingerprint density at radius 3 is 2.85 bits per heavy atom. The zero-order valence-corrected chi connectivity index (χ0v) is 14.6. The molecule has 0 saturated carbocycles. The highest BCUT2D eigenvalue weighted by atomic mass is 16.5. The predicted molar refractivity (Wildman–Crippen MR) is 93.0 cm³/mol. The second-order valence-corrected chi connectivity index (χ2v) is 5.76. The number of benzene rings is 1. The third kappa shape index (κ3) is 2.87. The zero-order valence-electron chi connectivity index (χ0n) is 14.6. The van der Waals surface area contributed by atoms with Crippen LogP contribution in [0.15, 0.2) is 41.0 Å². The van der Waals surface area contributed by atoms with Gasteiger partial charge in [0.05, 0.1) is 23.6 Å². The van der Waals surface area contributed by atoms with Gasteiger partial charge in [-0.1, -0.05) is 12.1 Å². The van der Waals surface area contributed by atoms with E-state index in [2.05, 4.69) is 10.2 Å². The van der Waals surface area contributed by atoms with E-state index in [-0.39, 0.29) is 40.5 Å². The summed E-state index contributed by atoms with van der Waals surface area (Å²) < 4.78 is 10.5. The normalized spacial score (nSPS) is 16.9. The Morgan fingerprint density at radius 2 is 2.22 bits per heavy atom. The molecule has 0 amide bonds. The highest BCUT2D eigenvalue weighted by Gasteiger charge is 2.38. The maximum atomic E-state index is 12.6. The van der Waals surface area contributed by atoms with Crippen molar-refractivity contribution in [1.29, 1.82) is 5.26 Å². The Labute approximate surface area is 153 Å². The SMILES string of the molecule is CCOC(=O)C1=C(C)OC(N)=C(C#N)C1c1cccc2[nH]nc(C(=O)O)c12. The van der Waals surface area contributed by atoms with Crippen LogP contribution >= 0.6 is 0 Å². The van der Waals surface area contributed by atoms with Gasteiger partial charge in [-0.3, -0.25) is 5.10 Å². The Hall–Kier alpha value is -3.80. The van der Waals surface area contributed by atoms with Crippen molar-refractivity contribution in [2.75, 3.05) is 6.61 Å². The van der Waals surface area contributed by atoms with Gasteiger partial charge in [-0.05, 0) is 25.5 Å². The van der Waals surface area contributed by atoms with Crippen LogP contribution in [0, 0.1) is 11.3 Å². The van der Waals surface area contributed by atoms with E-state index in [9.17, 15) is 20.0 Å². The number of carbonyl (C=O) groups excluding carboxylic acids is 1. The lowest BCUT2D eigenvalue weighted by atomic mass is 9.81. The van der Waals surface area contributed by atoms with Gasteiger partial charge < -0.3 is 20.3 Å². The van der Waals surface area contributed by atoms with Crippen LogP contribution in [0.25, 0.3) is 10.9 Å². The maximum Gasteiger partial charge on any atom is 0.357 e. The Morgan fingerprint density at radius 1 is 1.48 bits per heavy atom. The summed E-state index contributed by atoms with van der Waals surface area (Å²) in [6.45, 7) is 3.31. The summed E-state index contributed by atoms with van der Waals surface area (Å²) in [4.78, 5) is 24.2. The maximum absolute atomic E-state index is 12.6. The molecule has 3 rings (SSSR count). The molecule has 138 valence electrons. The number of hydrogen-bond donors (Lipinski definition) is 3. The molecule has 0 radical (unpaired) electrons. The molecule has 2 aromatic rings. The average molecular weight is 368 g/mol. The number of carboxylic acid groups (broad SMARTS) is 1. The summed E-state index contributed by atoms with van der Waals surface area (Å²) in [5.74, 6) is -2.81. The van der Waals surface area contributed by atoms with E-state index in [1.54, 1.807) is 25.1 Å². The van der Waals surface area contributed by atoms with Crippen molar-refractivity contribution >= 4 is 22.8 Å². The van der Waals surface area contributed by atoms with Gasteiger partial charge in [0.25, 0.3) is 0 Å². The summed E-state index contributed by atoms with van der Waals surface area (Å²) >= 11 is 0. The minimum atomic E-state index is -1.24. The highest BCUT2D eigenvalue weighted by Crippen LogP contribution is 2.42. The number of H-pyrrole nitrogens is 1. The smallest absolute Gasteiger partial charge is 0.357 e. The predicted octanol–water partition coefficient (Wildman–Crippen LogP) is 1.91. The zero-order chi connectivity index (χ0) is 19.7. The molecule has 0 spiro atoms. The van der Waals surface area contributed by atoms with Crippen LogP contribution in [0.2, 0.25) is 0 Å². The third-order valence-electron chi connectivity index (χ3n) is 4.24. The van der Waals surface area contributed by atoms with Crippen molar-refractivity contribution in [1.82, 2.24) is 10.2 Å². The number of nitrogens with two attached hydrogens (primary N) is 1. The summed E-state index contributed by atoms with van der Waals surface area (Å²) in [5, 5.41) is 25.9. The average Bonchev–Trinajstić information content (AvgIpc) is 3.05. The van der Waals surface area contributed by atoms with Gasteiger partial charge in [-0.25, -0.2) is 9.59 Å². The summed E-state index contributed by atoms with van der Waals surface area (Å²) in [6, 6.07) is 6.90. The molecule has 0 aliphatic carbocycles. The third-order valence-corrected chi connectivity index (χ3v) is 4.24. The molecular weight excluding hydrogens is 352 g/mol. The van der Waals surface area contributed by atoms with Crippen molar-refractivity contribution in [3.8, 4) is 6.07 Å². The van der Waals surface area contributed by atoms with Crippen LogP contribution in [-0.4, -0.2) is 33.8 Å². The number of ether oxygens (including phenoxy) is 2. The van der Waals surface area contributed by atoms with E-state index in [4.69, 9.17) is 15.2 Å². The monoisotopic (exact) mass is 368 g/mol. The number of esters is 1. The lowest BCUT2D eigenvalue weighted by molar-refractivity contribution is -0.139. The molecule has 4 N–H and O–H groups in total. The number of nitrogens with zero attached hydrogens (tertiary/aromatic N) is 2. The van der Waals surface area contributed by atoms with Gasteiger partial charge in [-0.2, -0.15) is 10.4 Å². The molecule has 9 heteroatoms. The molecule has 1 unspecified atom stereocenters. The number of hydrogen-bond acceptors (Lipinski definition) is 7. The molecule has 1 atom stereocenters. The van der Waals surface area contributed by atoms with Crippen molar-refractivity contribution in [3.63, 3.8) is 0 Å². The topological polar surface area (TPSA) is 151 Å². The van der Waals surface area contributed by atoms with Crippen LogP contribution in [-0.2, 0) is 14.3 Å². The minimum absolute atomic E-state index is 0.00584. The minimum Gasteiger partial charge on any atom is -0.476 e. The lowest BCUT2D eigenvalue weighted by Crippen LogP contribution is -2.25. The van der Waals surface area contributed by atoms with Crippen LogP contribution in [0.3, 0.4) is 0 Å². The molecular formula is C18H16N4O5. The first-order valence-electron chi connectivity index (χ1n) is 8.06. The number of nitrogens with one attached hydrogen (secondary N) is 1. The first kappa shape index (κ1) is 18.0. The van der Waals surface area contributed by atoms with Gasteiger partial charge in [0.2, 0.25) is 5.88 Å². The van der Waals surface area contributed by atoms with Gasteiger partial charge in [0.1, 0.15) is 17.4 Å². The molecule has 9 nitrogen and oxygen atoms in total. The number of carboxylic acids is 1. The fourth-order valence-electron chi connectivity index (χ4n) is 3.16. The van der Waals surface area contributed by atoms with E-state index in [1.807, 2.05) is 6.07 Å². The molecule has 1 aliphatic rings. The number of carbonyl (C=O) groups is 2. The van der Waals surface area contributed by atoms with Crippen LogP contribution in [0.5, 0.6) is 0 Å². The van der Waals surface area contributed by atoms with Crippen molar-refractivity contribution in [3.05, 3.63) is 52.2 Å². The number of allylic oxidation sites excluding steroid dienone is 2. The molecule has 0 fully saturated rings. The summed E-state index contributed by atoms with van der Waals surface area (Å²) in [6.07, 6.45) is 0. The molecule has 2 heterocycles. The highest BCUT2D eigenvalue weighted by molar-refractivity contribution is 6.04. The number of aromatic amines is 1. The Balaban J connectivity index is 2.34. The van der Waals surface area contributed by atoms with Gasteiger partial charge >= 0.3 is 11.9 Å². The van der Waals surface area contributed by atoms with Crippen molar-refractivity contribution in [2.24, 2.45) is 5.73 Å². The first-order valence-corrected chi connectivity index (χ1v) is 8.06. The van der Waals surface area contributed by atoms with E-state index < -0.39 is 17.9 Å². The van der Waals surface area contributed by atoms with E-state index in [0.717, 1.165) is 0 Å². The molecule has 0 bridgehead atoms. The second-order valence-electron chi connectivity index (χ2n) is 5.76. The van der Waals surface area contributed by atoms with E-state index >= 15 is 0 Å². The molecule has 0 saturated heterocycles. The fraction of sp³-hybridized carbons (Fsp3) is 0.222. The number of nitriles is 1. The van der Waals surface area contributed by atoms with Crippen LogP contribution in [0.4, 0.5) is 0 Å². The van der Waals surface area contributed by atoms with Crippen LogP contribution in [0.1, 0.15) is 35.8 Å². The fourth-order valence-corrected chi connectivity index (χ4v) is 3.16. The molecule has 1 aromatic carbocycles. The van der Waals surface area contributed by atoms with E-state index in [0.29, 0.717) is 11.1 Å². The van der Waals surface area contributed by atoms with Crippen molar-refractivity contribution in [2.45, 2.75) is 19.8 Å². The number of aromatic carboxylic acids is 1. The molecule has 1 aromatic heterocycles. The number of aromatic nitrogens is 2. The second kappa shape index (κ2) is 6.84. The van der Waals surface area contributed by atoms with Crippen LogP contribution < -0.4 is 5.73 Å². The Kier molecular flexibility index (Phi) is 4.56. The first-order chi connectivity index (χ1) is 12.9. The number of fused-ring (bicyclic) bond motifs is 1. The molecule has 1 aliphatic heterocycles. The summed E-state index contributed by atoms with van der Waals surface area (Å²) in [7, 11) is 0. The lowest BCUT2D eigenvalue weighted by Gasteiger charge is -2.27. The quantitative estimate of drug-likeness (QED) is 0.692. The van der Waals surface area contributed by atoms with Gasteiger partial charge in [-0.15, -0.1) is 0 Å². The summed E-state index contributed by atoms with van der Waals surface area (Å²) in [5.41, 5.74) is 6.58. The van der Waals surface area contributed by atoms with Gasteiger partial charge in [0.15, 0.2) is 5.69 Å².